The lowest BCUT2D eigenvalue weighted by Crippen LogP contribution is -2.41. The van der Waals surface area contributed by atoms with Crippen molar-refractivity contribution >= 4 is 0 Å². The summed E-state index contributed by atoms with van der Waals surface area (Å²) in [5.41, 5.74) is 4.23. The third-order valence-corrected chi connectivity index (χ3v) is 1.17. The minimum Gasteiger partial charge on any atom is -0.376 e. The zero-order valence-corrected chi connectivity index (χ0v) is 5.10. The Hall–Kier alpha value is -0.0800. The van der Waals surface area contributed by atoms with Crippen molar-refractivity contribution in [1.29, 1.82) is 0 Å². The summed E-state index contributed by atoms with van der Waals surface area (Å²) in [6.07, 6.45) is 0. The average molecular weight is 103 g/mol. The Bertz CT molecular complexity index is 53.6. The summed E-state index contributed by atoms with van der Waals surface area (Å²) in [7, 11) is 0. The normalized spacial score (nSPS) is 19.7. The molecule has 0 bridgehead atoms. The van der Waals surface area contributed by atoms with E-state index in [1.165, 1.54) is 0 Å². The summed E-state index contributed by atoms with van der Waals surface area (Å²) in [5.74, 6) is 0.132. The highest BCUT2D eigenvalue weighted by Crippen LogP contribution is 2.06. The number of rotatable bonds is 1. The summed E-state index contributed by atoms with van der Waals surface area (Å²) in [4.78, 5) is 0. The van der Waals surface area contributed by atoms with Crippen LogP contribution >= 0.6 is 0 Å². The summed E-state index contributed by atoms with van der Waals surface area (Å²) in [6, 6.07) is 0. The summed E-state index contributed by atoms with van der Waals surface area (Å²) < 4.78 is 0. The first-order valence-electron chi connectivity index (χ1n) is 2.46. The van der Waals surface area contributed by atoms with Crippen LogP contribution in [0.5, 0.6) is 0 Å². The number of hydrogen-bond donors (Lipinski definition) is 2. The average Bonchev–Trinajstić information content (AvgIpc) is 1.31. The van der Waals surface area contributed by atoms with Gasteiger partial charge in [0.25, 0.3) is 0 Å². The van der Waals surface area contributed by atoms with Crippen LogP contribution in [0.2, 0.25) is 0 Å². The third-order valence-electron chi connectivity index (χ3n) is 1.17. The lowest BCUT2D eigenvalue weighted by atomic mass is 10.0. The molecule has 0 spiro atoms. The fourth-order valence-corrected chi connectivity index (χ4v) is 0. The fraction of sp³-hybridized carbons (Fsp3) is 1.00. The molecule has 0 fully saturated rings. The molecule has 0 aromatic rings. The van der Waals surface area contributed by atoms with Crippen LogP contribution in [0.25, 0.3) is 0 Å². The van der Waals surface area contributed by atoms with Gasteiger partial charge in [-0.25, -0.2) is 0 Å². The molecule has 0 saturated carbocycles. The first-order valence-corrected chi connectivity index (χ1v) is 2.46. The Balaban J connectivity index is 3.54. The second kappa shape index (κ2) is 1.80. The molecule has 0 aliphatic carbocycles. The zero-order chi connectivity index (χ0) is 6.08. The molecule has 0 radical (unpaired) electrons. The van der Waals surface area contributed by atoms with E-state index in [9.17, 15) is 0 Å². The van der Waals surface area contributed by atoms with Crippen LogP contribution in [0, 0.1) is 5.92 Å². The number of hydrogen-bond acceptors (Lipinski definition) is 2. The highest BCUT2D eigenvalue weighted by atomic mass is 16.3. The van der Waals surface area contributed by atoms with Crippen LogP contribution in [-0.2, 0) is 0 Å². The molecule has 1 unspecified atom stereocenters. The molecule has 3 N–H and O–H groups in total. The van der Waals surface area contributed by atoms with Crippen LogP contribution < -0.4 is 5.73 Å². The van der Waals surface area contributed by atoms with Gasteiger partial charge in [-0.3, -0.25) is 0 Å². The van der Waals surface area contributed by atoms with E-state index in [0.717, 1.165) is 0 Å². The van der Waals surface area contributed by atoms with Crippen molar-refractivity contribution in [2.75, 3.05) is 0 Å². The molecular formula is C5H13NO. The van der Waals surface area contributed by atoms with Gasteiger partial charge in [0.2, 0.25) is 0 Å². The highest BCUT2D eigenvalue weighted by molar-refractivity contribution is 4.65. The van der Waals surface area contributed by atoms with E-state index in [-0.39, 0.29) is 5.92 Å². The molecular weight excluding hydrogens is 90.1 g/mol. The zero-order valence-electron chi connectivity index (χ0n) is 5.10. The van der Waals surface area contributed by atoms with Crippen LogP contribution in [-0.4, -0.2) is 10.8 Å². The predicted molar refractivity (Wildman–Crippen MR) is 29.6 cm³/mol. The minimum atomic E-state index is -1.00. The van der Waals surface area contributed by atoms with Crippen LogP contribution in [0.1, 0.15) is 20.8 Å². The Morgan fingerprint density at radius 1 is 1.57 bits per heavy atom. The van der Waals surface area contributed by atoms with Crippen molar-refractivity contribution in [1.82, 2.24) is 0 Å². The smallest absolute Gasteiger partial charge is 0.113 e. The predicted octanol–water partition coefficient (Wildman–Crippen LogP) is 0.310. The quantitative estimate of drug-likeness (QED) is 0.469. The molecule has 7 heavy (non-hydrogen) atoms. The number of nitrogens with two attached hydrogens (primary N) is 1. The fourth-order valence-electron chi connectivity index (χ4n) is 0. The first-order chi connectivity index (χ1) is 2.94. The van der Waals surface area contributed by atoms with E-state index in [4.69, 9.17) is 10.8 Å². The van der Waals surface area contributed by atoms with Gasteiger partial charge in [0.1, 0.15) is 5.72 Å². The summed E-state index contributed by atoms with van der Waals surface area (Å²) in [5, 5.41) is 8.87. The SMILES string of the molecule is CC(C)C(C)(N)O. The Morgan fingerprint density at radius 3 is 1.71 bits per heavy atom. The molecule has 0 heterocycles. The van der Waals surface area contributed by atoms with Gasteiger partial charge in [-0.2, -0.15) is 0 Å². The molecule has 0 aromatic heterocycles. The van der Waals surface area contributed by atoms with Gasteiger partial charge in [-0.1, -0.05) is 13.8 Å². The van der Waals surface area contributed by atoms with Crippen LogP contribution in [0.3, 0.4) is 0 Å². The van der Waals surface area contributed by atoms with E-state index in [1.807, 2.05) is 13.8 Å². The molecule has 0 aliphatic rings. The van der Waals surface area contributed by atoms with Gasteiger partial charge < -0.3 is 10.8 Å². The molecule has 1 atom stereocenters. The maximum Gasteiger partial charge on any atom is 0.113 e. The van der Waals surface area contributed by atoms with Gasteiger partial charge >= 0.3 is 0 Å². The van der Waals surface area contributed by atoms with Gasteiger partial charge in [0.15, 0.2) is 0 Å². The molecule has 2 heteroatoms. The van der Waals surface area contributed by atoms with Crippen molar-refractivity contribution in [2.45, 2.75) is 26.5 Å². The molecule has 0 amide bonds. The maximum atomic E-state index is 8.87. The molecule has 44 valence electrons. The van der Waals surface area contributed by atoms with E-state index in [1.54, 1.807) is 6.92 Å². The van der Waals surface area contributed by atoms with Gasteiger partial charge in [0, 0.05) is 0 Å². The van der Waals surface area contributed by atoms with Crippen molar-refractivity contribution in [3.63, 3.8) is 0 Å². The van der Waals surface area contributed by atoms with Crippen LogP contribution in [0.15, 0.2) is 0 Å². The van der Waals surface area contributed by atoms with Crippen LogP contribution in [0.4, 0.5) is 0 Å². The van der Waals surface area contributed by atoms with E-state index in [2.05, 4.69) is 0 Å². The lowest BCUT2D eigenvalue weighted by molar-refractivity contribution is 0.0200. The molecule has 2 nitrogen and oxygen atoms in total. The lowest BCUT2D eigenvalue weighted by Gasteiger charge is -2.20. The topological polar surface area (TPSA) is 46.2 Å². The second-order valence-corrected chi connectivity index (χ2v) is 2.38. The summed E-state index contributed by atoms with van der Waals surface area (Å²) >= 11 is 0. The van der Waals surface area contributed by atoms with Crippen molar-refractivity contribution < 1.29 is 5.11 Å². The molecule has 0 aromatic carbocycles. The van der Waals surface area contributed by atoms with E-state index >= 15 is 0 Å². The minimum absolute atomic E-state index is 0.132. The van der Waals surface area contributed by atoms with E-state index < -0.39 is 5.72 Å². The van der Waals surface area contributed by atoms with E-state index in [0.29, 0.717) is 0 Å². The van der Waals surface area contributed by atoms with Gasteiger partial charge in [-0.05, 0) is 12.8 Å². The Labute approximate surface area is 44.3 Å². The number of aliphatic hydroxyl groups is 1. The van der Waals surface area contributed by atoms with Crippen molar-refractivity contribution in [3.8, 4) is 0 Å². The highest BCUT2D eigenvalue weighted by Gasteiger charge is 2.16. The standard InChI is InChI=1S/C5H13NO/c1-4(2)5(3,6)7/h4,7H,6H2,1-3H3. The molecule has 0 aliphatic heterocycles. The monoisotopic (exact) mass is 103 g/mol. The van der Waals surface area contributed by atoms with Gasteiger partial charge in [0.05, 0.1) is 0 Å². The maximum absolute atomic E-state index is 8.87. The van der Waals surface area contributed by atoms with Crippen molar-refractivity contribution in [2.24, 2.45) is 11.7 Å². The molecule has 0 rings (SSSR count). The van der Waals surface area contributed by atoms with Crippen molar-refractivity contribution in [3.05, 3.63) is 0 Å². The Kier molecular flexibility index (Phi) is 1.78. The first kappa shape index (κ1) is 6.92. The Morgan fingerprint density at radius 2 is 1.71 bits per heavy atom. The third kappa shape index (κ3) is 2.60. The van der Waals surface area contributed by atoms with Gasteiger partial charge in [-0.15, -0.1) is 0 Å². The molecule has 0 saturated heterocycles. The largest absolute Gasteiger partial charge is 0.376 e. The second-order valence-electron chi connectivity index (χ2n) is 2.38. The summed E-state index contributed by atoms with van der Waals surface area (Å²) in [6.45, 7) is 5.34.